The van der Waals surface area contributed by atoms with Crippen LogP contribution in [0.3, 0.4) is 0 Å². The highest BCUT2D eigenvalue weighted by molar-refractivity contribution is 5.80. The summed E-state index contributed by atoms with van der Waals surface area (Å²) < 4.78 is 5.55. The third kappa shape index (κ3) is 5.30. The van der Waals surface area contributed by atoms with Gasteiger partial charge in [0, 0.05) is 6.54 Å². The van der Waals surface area contributed by atoms with Gasteiger partial charge in [-0.2, -0.15) is 0 Å². The van der Waals surface area contributed by atoms with E-state index in [0.29, 0.717) is 12.3 Å². The van der Waals surface area contributed by atoms with Gasteiger partial charge in [0.25, 0.3) is 5.91 Å². The van der Waals surface area contributed by atoms with Crippen LogP contribution in [0.5, 0.6) is 5.75 Å². The van der Waals surface area contributed by atoms with Gasteiger partial charge < -0.3 is 15.2 Å². The van der Waals surface area contributed by atoms with Crippen LogP contribution >= 0.6 is 0 Å². The van der Waals surface area contributed by atoms with Crippen LogP contribution in [0.4, 0.5) is 0 Å². The fourth-order valence-corrected chi connectivity index (χ4v) is 1.61. The van der Waals surface area contributed by atoms with Crippen molar-refractivity contribution in [3.8, 4) is 5.75 Å². The summed E-state index contributed by atoms with van der Waals surface area (Å²) in [7, 11) is 0. The Bertz CT molecular complexity index is 387. The van der Waals surface area contributed by atoms with Crippen molar-refractivity contribution in [2.45, 2.75) is 45.8 Å². The molecule has 1 amide bonds. The number of hydrogen-bond donors (Lipinski definition) is 2. The summed E-state index contributed by atoms with van der Waals surface area (Å²) in [5, 5.41) is 12.2. The van der Waals surface area contributed by atoms with Crippen molar-refractivity contribution in [2.75, 3.05) is 6.54 Å². The number of aliphatic hydroxyl groups is 1. The van der Waals surface area contributed by atoms with Crippen LogP contribution in [0.2, 0.25) is 0 Å². The zero-order chi connectivity index (χ0) is 14.3. The summed E-state index contributed by atoms with van der Waals surface area (Å²) in [5.41, 5.74) is 0.826. The van der Waals surface area contributed by atoms with Gasteiger partial charge in [-0.3, -0.25) is 4.79 Å². The van der Waals surface area contributed by atoms with E-state index in [4.69, 9.17) is 4.74 Å². The summed E-state index contributed by atoms with van der Waals surface area (Å²) in [5.74, 6) is 0.524. The zero-order valence-corrected chi connectivity index (χ0v) is 11.8. The van der Waals surface area contributed by atoms with E-state index in [1.54, 1.807) is 38.1 Å². The van der Waals surface area contributed by atoms with Crippen molar-refractivity contribution >= 4 is 5.91 Å². The van der Waals surface area contributed by atoms with Gasteiger partial charge >= 0.3 is 0 Å². The predicted octanol–water partition coefficient (Wildman–Crippen LogP) is 2.42. The molecule has 106 valence electrons. The van der Waals surface area contributed by atoms with Crippen LogP contribution < -0.4 is 10.1 Å². The molecule has 0 heterocycles. The van der Waals surface area contributed by atoms with E-state index in [0.717, 1.165) is 18.4 Å². The molecule has 1 unspecified atom stereocenters. The van der Waals surface area contributed by atoms with Gasteiger partial charge in [0.1, 0.15) is 5.75 Å². The number of aliphatic hydroxyl groups excluding tert-OH is 1. The zero-order valence-electron chi connectivity index (χ0n) is 11.8. The van der Waals surface area contributed by atoms with Crippen LogP contribution in [0.25, 0.3) is 0 Å². The van der Waals surface area contributed by atoms with Crippen molar-refractivity contribution in [3.05, 3.63) is 29.8 Å². The summed E-state index contributed by atoms with van der Waals surface area (Å²) >= 11 is 0. The van der Waals surface area contributed by atoms with E-state index in [-0.39, 0.29) is 5.91 Å². The van der Waals surface area contributed by atoms with Crippen molar-refractivity contribution < 1.29 is 14.6 Å². The highest BCUT2D eigenvalue weighted by atomic mass is 16.5. The molecule has 1 rings (SSSR count). The molecule has 4 heteroatoms. The van der Waals surface area contributed by atoms with Crippen molar-refractivity contribution in [2.24, 2.45) is 0 Å². The van der Waals surface area contributed by atoms with Gasteiger partial charge in [0.15, 0.2) is 6.10 Å². The molecular formula is C15H23NO3. The van der Waals surface area contributed by atoms with Gasteiger partial charge in [-0.1, -0.05) is 25.5 Å². The van der Waals surface area contributed by atoms with Crippen LogP contribution in [-0.2, 0) is 4.79 Å². The summed E-state index contributed by atoms with van der Waals surface area (Å²) in [6.45, 7) is 6.20. The van der Waals surface area contributed by atoms with E-state index >= 15 is 0 Å². The minimum atomic E-state index is -0.519. The largest absolute Gasteiger partial charge is 0.481 e. The molecule has 1 aromatic carbocycles. The highest BCUT2D eigenvalue weighted by Gasteiger charge is 2.13. The fourth-order valence-electron chi connectivity index (χ4n) is 1.61. The maximum atomic E-state index is 11.7. The number of nitrogens with one attached hydrogen (secondary N) is 1. The lowest BCUT2D eigenvalue weighted by atomic mass is 10.1. The first-order valence-electron chi connectivity index (χ1n) is 6.77. The molecule has 2 atom stereocenters. The second kappa shape index (κ2) is 7.79. The molecular weight excluding hydrogens is 242 g/mol. The number of carbonyl (C=O) groups is 1. The molecule has 0 saturated heterocycles. The predicted molar refractivity (Wildman–Crippen MR) is 75.1 cm³/mol. The summed E-state index contributed by atoms with van der Waals surface area (Å²) in [4.78, 5) is 11.7. The van der Waals surface area contributed by atoms with Gasteiger partial charge in [-0.05, 0) is 38.0 Å². The molecule has 2 N–H and O–H groups in total. The number of hydrogen-bond acceptors (Lipinski definition) is 3. The lowest BCUT2D eigenvalue weighted by Crippen LogP contribution is -2.36. The lowest BCUT2D eigenvalue weighted by Gasteiger charge is -2.15. The molecule has 4 nitrogen and oxygen atoms in total. The Morgan fingerprint density at radius 1 is 1.32 bits per heavy atom. The first-order valence-corrected chi connectivity index (χ1v) is 6.77. The average Bonchev–Trinajstić information content (AvgIpc) is 2.39. The summed E-state index contributed by atoms with van der Waals surface area (Å²) in [6.07, 6.45) is 1.01. The van der Waals surface area contributed by atoms with Crippen LogP contribution in [0.15, 0.2) is 24.3 Å². The maximum absolute atomic E-state index is 11.7. The van der Waals surface area contributed by atoms with Crippen molar-refractivity contribution in [3.63, 3.8) is 0 Å². The highest BCUT2D eigenvalue weighted by Crippen LogP contribution is 2.18. The standard InChI is InChI=1S/C15H23NO3/c1-4-5-10-16-15(18)12(3)19-14-8-6-13(7-9-14)11(2)17/h6-9,11-12,17H,4-5,10H2,1-3H3,(H,16,18)/t11-,12?/m1/s1. The second-order valence-corrected chi connectivity index (χ2v) is 4.65. The maximum Gasteiger partial charge on any atom is 0.260 e. The molecule has 19 heavy (non-hydrogen) atoms. The lowest BCUT2D eigenvalue weighted by molar-refractivity contribution is -0.127. The number of carbonyl (C=O) groups excluding carboxylic acids is 1. The van der Waals surface area contributed by atoms with Crippen molar-refractivity contribution in [1.82, 2.24) is 5.32 Å². The molecule has 0 saturated carbocycles. The Morgan fingerprint density at radius 3 is 2.47 bits per heavy atom. The normalized spacial score (nSPS) is 13.7. The molecule has 0 spiro atoms. The summed E-state index contributed by atoms with van der Waals surface area (Å²) in [6, 6.07) is 7.11. The van der Waals surface area contributed by atoms with Gasteiger partial charge in [-0.15, -0.1) is 0 Å². The molecule has 0 radical (unpaired) electrons. The van der Waals surface area contributed by atoms with E-state index in [1.165, 1.54) is 0 Å². The minimum absolute atomic E-state index is 0.104. The number of rotatable bonds is 7. The number of amides is 1. The second-order valence-electron chi connectivity index (χ2n) is 4.65. The Balaban J connectivity index is 2.47. The molecule has 0 aromatic heterocycles. The molecule has 0 aliphatic carbocycles. The quantitative estimate of drug-likeness (QED) is 0.744. The SMILES string of the molecule is CCCCNC(=O)C(C)Oc1ccc([C@@H](C)O)cc1. The topological polar surface area (TPSA) is 58.6 Å². The first-order chi connectivity index (χ1) is 9.04. The molecule has 1 aromatic rings. The number of ether oxygens (including phenoxy) is 1. The minimum Gasteiger partial charge on any atom is -0.481 e. The van der Waals surface area contributed by atoms with Gasteiger partial charge in [0.05, 0.1) is 6.10 Å². The van der Waals surface area contributed by atoms with Gasteiger partial charge in [0.2, 0.25) is 0 Å². The number of unbranched alkanes of at least 4 members (excludes halogenated alkanes) is 1. The first kappa shape index (κ1) is 15.5. The van der Waals surface area contributed by atoms with E-state index < -0.39 is 12.2 Å². The van der Waals surface area contributed by atoms with Crippen LogP contribution in [0, 0.1) is 0 Å². The van der Waals surface area contributed by atoms with E-state index in [2.05, 4.69) is 12.2 Å². The van der Waals surface area contributed by atoms with Crippen LogP contribution in [0.1, 0.15) is 45.3 Å². The number of benzene rings is 1. The third-order valence-corrected chi connectivity index (χ3v) is 2.87. The third-order valence-electron chi connectivity index (χ3n) is 2.87. The molecule has 0 fully saturated rings. The molecule has 0 aliphatic rings. The average molecular weight is 265 g/mol. The Morgan fingerprint density at radius 2 is 1.95 bits per heavy atom. The van der Waals surface area contributed by atoms with Crippen molar-refractivity contribution in [1.29, 1.82) is 0 Å². The smallest absolute Gasteiger partial charge is 0.260 e. The Hall–Kier alpha value is -1.55. The Kier molecular flexibility index (Phi) is 6.36. The molecule has 0 bridgehead atoms. The van der Waals surface area contributed by atoms with E-state index in [1.807, 2.05) is 0 Å². The Labute approximate surface area is 114 Å². The fraction of sp³-hybridized carbons (Fsp3) is 0.533. The van der Waals surface area contributed by atoms with Crippen LogP contribution in [-0.4, -0.2) is 23.7 Å². The van der Waals surface area contributed by atoms with Gasteiger partial charge in [-0.25, -0.2) is 0 Å². The van der Waals surface area contributed by atoms with E-state index in [9.17, 15) is 9.90 Å². The monoisotopic (exact) mass is 265 g/mol. The molecule has 0 aliphatic heterocycles.